The highest BCUT2D eigenvalue weighted by molar-refractivity contribution is 6.10. The van der Waals surface area contributed by atoms with E-state index in [9.17, 15) is 0 Å². The van der Waals surface area contributed by atoms with Gasteiger partial charge in [-0.25, -0.2) is 0 Å². The quantitative estimate of drug-likeness (QED) is 0.144. The van der Waals surface area contributed by atoms with Gasteiger partial charge in [-0.3, -0.25) is 0 Å². The van der Waals surface area contributed by atoms with Gasteiger partial charge in [0.2, 0.25) is 0 Å². The monoisotopic (exact) mass is 830 g/mol. The Kier molecular flexibility index (Phi) is 9.50. The average Bonchev–Trinajstić information content (AvgIpc) is 3.39. The molecule has 11 aromatic carbocycles. The Morgan fingerprint density at radius 2 is 0.738 bits per heavy atom. The smallest absolute Gasteiger partial charge is 0.159 e. The van der Waals surface area contributed by atoms with Crippen LogP contribution in [0.25, 0.3) is 66.1 Å². The van der Waals surface area contributed by atoms with E-state index in [1.807, 2.05) is 0 Å². The summed E-state index contributed by atoms with van der Waals surface area (Å²) in [5, 5.41) is 4.56. The molecule has 0 saturated heterocycles. The summed E-state index contributed by atoms with van der Waals surface area (Å²) in [7, 11) is 0. The van der Waals surface area contributed by atoms with Crippen LogP contribution in [0.2, 0.25) is 0 Å². The van der Waals surface area contributed by atoms with Crippen molar-refractivity contribution < 1.29 is 4.74 Å². The van der Waals surface area contributed by atoms with Crippen LogP contribution in [0.1, 0.15) is 0 Å². The Morgan fingerprint density at radius 3 is 1.32 bits per heavy atom. The normalized spacial score (nSPS) is 11.5. The zero-order chi connectivity index (χ0) is 43.1. The van der Waals surface area contributed by atoms with E-state index in [0.29, 0.717) is 0 Å². The fourth-order valence-corrected chi connectivity index (χ4v) is 9.46. The molecule has 1 heterocycles. The fraction of sp³-hybridized carbons (Fsp3) is 0. The van der Waals surface area contributed by atoms with Crippen LogP contribution in [0.15, 0.2) is 255 Å². The molecule has 0 fully saturated rings. The molecule has 0 amide bonds. The number of fused-ring (bicyclic) bond motifs is 3. The topological polar surface area (TPSA) is 15.7 Å². The van der Waals surface area contributed by atoms with Crippen molar-refractivity contribution in [3.63, 3.8) is 0 Å². The second-order valence-electron chi connectivity index (χ2n) is 16.5. The molecular formula is C62H42N2O. The van der Waals surface area contributed by atoms with Crippen molar-refractivity contribution in [1.82, 2.24) is 0 Å². The maximum absolute atomic E-state index is 7.23. The van der Waals surface area contributed by atoms with E-state index in [-0.39, 0.29) is 0 Å². The Labute approximate surface area is 379 Å². The van der Waals surface area contributed by atoms with Gasteiger partial charge in [0.15, 0.2) is 5.75 Å². The van der Waals surface area contributed by atoms with Crippen LogP contribution in [-0.2, 0) is 0 Å². The van der Waals surface area contributed by atoms with Crippen LogP contribution < -0.4 is 14.5 Å². The van der Waals surface area contributed by atoms with E-state index >= 15 is 0 Å². The first-order chi connectivity index (χ1) is 32.2. The Balaban J connectivity index is 1.00. The lowest BCUT2D eigenvalue weighted by atomic mass is 9.93. The van der Waals surface area contributed by atoms with Gasteiger partial charge in [-0.2, -0.15) is 0 Å². The first-order valence-electron chi connectivity index (χ1n) is 22.2. The van der Waals surface area contributed by atoms with Crippen molar-refractivity contribution in [2.75, 3.05) is 9.80 Å². The van der Waals surface area contributed by atoms with Gasteiger partial charge in [-0.1, -0.05) is 188 Å². The van der Waals surface area contributed by atoms with Crippen molar-refractivity contribution in [3.8, 4) is 56.0 Å². The maximum atomic E-state index is 7.23. The molecule has 1 aliphatic rings. The molecule has 0 saturated carbocycles. The molecular weight excluding hydrogens is 789 g/mol. The van der Waals surface area contributed by atoms with E-state index in [2.05, 4.69) is 265 Å². The molecule has 0 atom stereocenters. The molecule has 1 aliphatic heterocycles. The van der Waals surface area contributed by atoms with Crippen molar-refractivity contribution in [2.45, 2.75) is 0 Å². The summed E-state index contributed by atoms with van der Waals surface area (Å²) in [4.78, 5) is 4.71. The number of nitrogens with zero attached hydrogens (tertiary/aromatic N) is 2. The lowest BCUT2D eigenvalue weighted by Gasteiger charge is -2.32. The zero-order valence-electron chi connectivity index (χ0n) is 35.6. The minimum Gasteiger partial charge on any atom is -0.454 e. The first-order valence-corrected chi connectivity index (χ1v) is 22.2. The first kappa shape index (κ1) is 38.0. The van der Waals surface area contributed by atoms with Crippen molar-refractivity contribution in [1.29, 1.82) is 0 Å². The van der Waals surface area contributed by atoms with Crippen LogP contribution in [0.5, 0.6) is 11.5 Å². The molecule has 65 heavy (non-hydrogen) atoms. The minimum atomic E-state index is 0.817. The van der Waals surface area contributed by atoms with Crippen LogP contribution in [0.3, 0.4) is 0 Å². The Hall–Kier alpha value is -8.66. The Morgan fingerprint density at radius 1 is 0.277 bits per heavy atom. The molecule has 0 spiro atoms. The SMILES string of the molecule is c1ccc(-c2ccc(N(c3ccc(-c4ccccc4)cc3)c3ccc4c(c3)-c3cccc5ccc(N(c6ccc(-c7ccccc7)cc6)c6cccc7ccccc67)c(c35)O4)cc2)cc1. The van der Waals surface area contributed by atoms with Crippen LogP contribution in [0.4, 0.5) is 34.1 Å². The molecule has 0 radical (unpaired) electrons. The zero-order valence-corrected chi connectivity index (χ0v) is 35.6. The van der Waals surface area contributed by atoms with E-state index in [1.54, 1.807) is 0 Å². The number of hydrogen-bond donors (Lipinski definition) is 0. The van der Waals surface area contributed by atoms with Crippen LogP contribution in [0, 0.1) is 0 Å². The predicted octanol–water partition coefficient (Wildman–Crippen LogP) is 17.7. The largest absolute Gasteiger partial charge is 0.454 e. The van der Waals surface area contributed by atoms with Gasteiger partial charge in [0.1, 0.15) is 5.75 Å². The maximum Gasteiger partial charge on any atom is 0.159 e. The molecule has 12 rings (SSSR count). The molecule has 3 heteroatoms. The molecule has 0 unspecified atom stereocenters. The summed E-state index contributed by atoms with van der Waals surface area (Å²) in [5.41, 5.74) is 15.6. The standard InChI is InChI=1S/C62H42N2O/c1-4-14-43(15-5-1)46-26-33-51(34-27-46)63(52-35-28-47(29-36-52)44-16-6-2-7-17-44)54-39-41-60-57(42-54)56-24-12-22-50-32-40-59(62(65-60)61(50)56)64(58-25-13-21-49-20-10-11-23-55(49)58)53-37-30-48(31-38-53)45-18-8-3-9-19-45/h1-42H. The second kappa shape index (κ2) is 16.2. The number of benzene rings is 11. The van der Waals surface area contributed by atoms with Crippen molar-refractivity contribution in [2.24, 2.45) is 0 Å². The number of rotatable bonds is 9. The minimum absolute atomic E-state index is 0.817. The van der Waals surface area contributed by atoms with Gasteiger partial charge in [0.05, 0.1) is 11.4 Å². The van der Waals surface area contributed by atoms with Gasteiger partial charge in [-0.05, 0) is 116 Å². The van der Waals surface area contributed by atoms with Gasteiger partial charge in [0.25, 0.3) is 0 Å². The molecule has 11 aromatic rings. The van der Waals surface area contributed by atoms with Gasteiger partial charge in [0, 0.05) is 39.1 Å². The summed E-state index contributed by atoms with van der Waals surface area (Å²) in [6.45, 7) is 0. The van der Waals surface area contributed by atoms with Crippen LogP contribution in [-0.4, -0.2) is 0 Å². The summed E-state index contributed by atoms with van der Waals surface area (Å²) in [6, 6.07) is 91.1. The van der Waals surface area contributed by atoms with Crippen molar-refractivity contribution in [3.05, 3.63) is 255 Å². The highest BCUT2D eigenvalue weighted by atomic mass is 16.5. The van der Waals surface area contributed by atoms with Gasteiger partial charge >= 0.3 is 0 Å². The molecule has 0 aliphatic carbocycles. The second-order valence-corrected chi connectivity index (χ2v) is 16.5. The molecule has 0 N–H and O–H groups in total. The molecule has 306 valence electrons. The third-order valence-corrected chi connectivity index (χ3v) is 12.6. The van der Waals surface area contributed by atoms with E-state index in [0.717, 1.165) is 72.9 Å². The third kappa shape index (κ3) is 6.97. The summed E-state index contributed by atoms with van der Waals surface area (Å²) in [6.07, 6.45) is 0. The van der Waals surface area contributed by atoms with E-state index in [1.165, 1.54) is 38.8 Å². The van der Waals surface area contributed by atoms with Gasteiger partial charge in [-0.15, -0.1) is 0 Å². The molecule has 0 aromatic heterocycles. The lowest BCUT2D eigenvalue weighted by Crippen LogP contribution is -2.13. The summed E-state index contributed by atoms with van der Waals surface area (Å²) >= 11 is 0. The average molecular weight is 831 g/mol. The fourth-order valence-electron chi connectivity index (χ4n) is 9.46. The Bertz CT molecular complexity index is 3390. The number of anilines is 6. The predicted molar refractivity (Wildman–Crippen MR) is 273 cm³/mol. The number of ether oxygens (including phenoxy) is 1. The van der Waals surface area contributed by atoms with Gasteiger partial charge < -0.3 is 14.5 Å². The highest BCUT2D eigenvalue weighted by Gasteiger charge is 2.28. The molecule has 0 bridgehead atoms. The third-order valence-electron chi connectivity index (χ3n) is 12.6. The van der Waals surface area contributed by atoms with Crippen LogP contribution >= 0.6 is 0 Å². The lowest BCUT2D eigenvalue weighted by molar-refractivity contribution is 0.488. The number of hydrogen-bond acceptors (Lipinski definition) is 3. The van der Waals surface area contributed by atoms with Crippen molar-refractivity contribution >= 4 is 55.7 Å². The van der Waals surface area contributed by atoms with E-state index < -0.39 is 0 Å². The highest BCUT2D eigenvalue weighted by Crippen LogP contribution is 2.54. The summed E-state index contributed by atoms with van der Waals surface area (Å²) < 4.78 is 7.23. The molecule has 3 nitrogen and oxygen atoms in total. The summed E-state index contributed by atoms with van der Waals surface area (Å²) in [5.74, 6) is 1.65. The van der Waals surface area contributed by atoms with E-state index in [4.69, 9.17) is 4.74 Å².